The molecule has 0 aliphatic rings. The Morgan fingerprint density at radius 3 is 2.46 bits per heavy atom. The number of urea groups is 1. The molecule has 0 saturated carbocycles. The molecule has 2 amide bonds. The third-order valence-corrected chi connectivity index (χ3v) is 3.82. The summed E-state index contributed by atoms with van der Waals surface area (Å²) in [6, 6.07) is 12.7. The van der Waals surface area contributed by atoms with Crippen molar-refractivity contribution in [1.29, 1.82) is 0 Å². The summed E-state index contributed by atoms with van der Waals surface area (Å²) in [5.74, 6) is 0.698. The monoisotopic (exact) mass is 416 g/mol. The number of nitrogens with one attached hydrogen (secondary N) is 1. The summed E-state index contributed by atoms with van der Waals surface area (Å²) in [5, 5.41) is 3.25. The van der Waals surface area contributed by atoms with Crippen LogP contribution in [0.4, 0.5) is 18.0 Å². The molecule has 0 aromatic heterocycles. The number of nitrogens with zero attached hydrogens (tertiary/aromatic N) is 1. The number of halogens is 4. The molecule has 0 fully saturated rings. The second kappa shape index (κ2) is 10.1. The van der Waals surface area contributed by atoms with Crippen molar-refractivity contribution in [1.82, 2.24) is 10.2 Å². The molecule has 0 unspecified atom stereocenters. The first-order valence-corrected chi connectivity index (χ1v) is 8.76. The van der Waals surface area contributed by atoms with Crippen molar-refractivity contribution in [3.8, 4) is 11.5 Å². The van der Waals surface area contributed by atoms with E-state index in [1.165, 1.54) is 17.0 Å². The molecular weight excluding hydrogens is 397 g/mol. The van der Waals surface area contributed by atoms with E-state index in [0.29, 0.717) is 22.9 Å². The summed E-state index contributed by atoms with van der Waals surface area (Å²) in [5.41, 5.74) is 0.622. The highest BCUT2D eigenvalue weighted by atomic mass is 35.5. The predicted molar refractivity (Wildman–Crippen MR) is 99.8 cm³/mol. The lowest BCUT2D eigenvalue weighted by Crippen LogP contribution is -2.39. The SMILES string of the molecule is CN(CCOc1cccc(Cl)c1)C(=O)NCc1cccc(OCC(F)(F)F)c1. The van der Waals surface area contributed by atoms with Crippen LogP contribution in [0.1, 0.15) is 5.56 Å². The molecule has 0 atom stereocenters. The number of hydrogen-bond acceptors (Lipinski definition) is 3. The molecule has 2 aromatic carbocycles. The Kier molecular flexibility index (Phi) is 7.80. The van der Waals surface area contributed by atoms with Gasteiger partial charge in [0.15, 0.2) is 6.61 Å². The number of carbonyl (C=O) groups excluding carboxylic acids is 1. The molecule has 0 aliphatic heterocycles. The minimum atomic E-state index is -4.40. The van der Waals surface area contributed by atoms with Gasteiger partial charge in [0, 0.05) is 18.6 Å². The molecule has 2 rings (SSSR count). The van der Waals surface area contributed by atoms with Gasteiger partial charge in [0.2, 0.25) is 0 Å². The van der Waals surface area contributed by atoms with Gasteiger partial charge < -0.3 is 19.7 Å². The minimum absolute atomic E-state index is 0.0901. The van der Waals surface area contributed by atoms with E-state index in [2.05, 4.69) is 5.32 Å². The van der Waals surface area contributed by atoms with E-state index >= 15 is 0 Å². The average Bonchev–Trinajstić information content (AvgIpc) is 2.64. The van der Waals surface area contributed by atoms with E-state index in [1.807, 2.05) is 0 Å². The van der Waals surface area contributed by atoms with Gasteiger partial charge in [-0.25, -0.2) is 4.79 Å². The van der Waals surface area contributed by atoms with Gasteiger partial charge in [-0.1, -0.05) is 29.8 Å². The number of alkyl halides is 3. The number of likely N-dealkylation sites (N-methyl/N-ethyl adjacent to an activating group) is 1. The summed E-state index contributed by atoms with van der Waals surface area (Å²) in [4.78, 5) is 13.6. The maximum Gasteiger partial charge on any atom is 0.422 e. The normalized spacial score (nSPS) is 11.0. The molecule has 152 valence electrons. The minimum Gasteiger partial charge on any atom is -0.492 e. The third kappa shape index (κ3) is 7.96. The Morgan fingerprint density at radius 2 is 1.79 bits per heavy atom. The van der Waals surface area contributed by atoms with Gasteiger partial charge >= 0.3 is 12.2 Å². The van der Waals surface area contributed by atoms with Crippen LogP contribution in [0.5, 0.6) is 11.5 Å². The van der Waals surface area contributed by atoms with Gasteiger partial charge in [0.05, 0.1) is 6.54 Å². The second-order valence-electron chi connectivity index (χ2n) is 5.94. The summed E-state index contributed by atoms with van der Waals surface area (Å²) < 4.78 is 46.9. The molecular formula is C19H20ClF3N2O3. The number of rotatable bonds is 8. The predicted octanol–water partition coefficient (Wildman–Crippen LogP) is 4.50. The summed E-state index contributed by atoms with van der Waals surface area (Å²) in [6.07, 6.45) is -4.40. The molecule has 5 nitrogen and oxygen atoms in total. The van der Waals surface area contributed by atoms with Crippen molar-refractivity contribution in [2.75, 3.05) is 26.8 Å². The fourth-order valence-electron chi connectivity index (χ4n) is 2.18. The van der Waals surface area contributed by atoms with E-state index in [1.54, 1.807) is 43.4 Å². The van der Waals surface area contributed by atoms with E-state index in [9.17, 15) is 18.0 Å². The van der Waals surface area contributed by atoms with Crippen molar-refractivity contribution < 1.29 is 27.4 Å². The van der Waals surface area contributed by atoms with Crippen molar-refractivity contribution in [2.24, 2.45) is 0 Å². The Labute approximate surface area is 166 Å². The van der Waals surface area contributed by atoms with Gasteiger partial charge in [0.25, 0.3) is 0 Å². The molecule has 2 aromatic rings. The fraction of sp³-hybridized carbons (Fsp3) is 0.316. The van der Waals surface area contributed by atoms with Crippen molar-refractivity contribution in [3.05, 3.63) is 59.1 Å². The molecule has 0 spiro atoms. The third-order valence-electron chi connectivity index (χ3n) is 3.58. The van der Waals surface area contributed by atoms with Gasteiger partial charge in [-0.3, -0.25) is 0 Å². The zero-order valence-corrected chi connectivity index (χ0v) is 15.9. The summed E-state index contributed by atoms with van der Waals surface area (Å²) in [7, 11) is 1.61. The number of ether oxygens (including phenoxy) is 2. The van der Waals surface area contributed by atoms with Crippen LogP contribution < -0.4 is 14.8 Å². The molecule has 0 aliphatic carbocycles. The quantitative estimate of drug-likeness (QED) is 0.689. The van der Waals surface area contributed by atoms with E-state index in [0.717, 1.165) is 0 Å². The lowest BCUT2D eigenvalue weighted by Gasteiger charge is -2.18. The van der Waals surface area contributed by atoms with E-state index in [4.69, 9.17) is 21.1 Å². The largest absolute Gasteiger partial charge is 0.492 e. The van der Waals surface area contributed by atoms with Crippen LogP contribution >= 0.6 is 11.6 Å². The number of hydrogen-bond donors (Lipinski definition) is 1. The molecule has 0 heterocycles. The highest BCUT2D eigenvalue weighted by Gasteiger charge is 2.28. The molecule has 9 heteroatoms. The van der Waals surface area contributed by atoms with Crippen molar-refractivity contribution >= 4 is 17.6 Å². The lowest BCUT2D eigenvalue weighted by atomic mass is 10.2. The molecule has 0 radical (unpaired) electrons. The summed E-state index contributed by atoms with van der Waals surface area (Å²) in [6.45, 7) is -0.585. The molecule has 1 N–H and O–H groups in total. The first kappa shape index (κ1) is 21.7. The zero-order chi connectivity index (χ0) is 20.6. The molecule has 0 bridgehead atoms. The Morgan fingerprint density at radius 1 is 1.11 bits per heavy atom. The second-order valence-corrected chi connectivity index (χ2v) is 6.37. The Balaban J connectivity index is 1.75. The van der Waals surface area contributed by atoms with E-state index < -0.39 is 12.8 Å². The first-order valence-electron chi connectivity index (χ1n) is 8.39. The molecule has 0 saturated heterocycles. The zero-order valence-electron chi connectivity index (χ0n) is 15.1. The van der Waals surface area contributed by atoms with Crippen molar-refractivity contribution in [2.45, 2.75) is 12.7 Å². The number of amides is 2. The first-order chi connectivity index (χ1) is 13.2. The highest BCUT2D eigenvalue weighted by molar-refractivity contribution is 6.30. The lowest BCUT2D eigenvalue weighted by molar-refractivity contribution is -0.153. The van der Waals surface area contributed by atoms with Crippen LogP contribution in [0.15, 0.2) is 48.5 Å². The maximum atomic E-state index is 12.2. The van der Waals surface area contributed by atoms with Crippen LogP contribution in [-0.4, -0.2) is 43.9 Å². The summed E-state index contributed by atoms with van der Waals surface area (Å²) >= 11 is 5.87. The Hall–Kier alpha value is -2.61. The molecule has 28 heavy (non-hydrogen) atoms. The Bertz CT molecular complexity index is 787. The van der Waals surface area contributed by atoms with Gasteiger partial charge in [0.1, 0.15) is 18.1 Å². The van der Waals surface area contributed by atoms with Gasteiger partial charge in [-0.2, -0.15) is 13.2 Å². The van der Waals surface area contributed by atoms with Gasteiger partial charge in [-0.15, -0.1) is 0 Å². The number of benzene rings is 2. The van der Waals surface area contributed by atoms with Crippen LogP contribution in [0.2, 0.25) is 5.02 Å². The van der Waals surface area contributed by atoms with Crippen LogP contribution in [0.25, 0.3) is 0 Å². The topological polar surface area (TPSA) is 50.8 Å². The van der Waals surface area contributed by atoms with Crippen LogP contribution in [-0.2, 0) is 6.54 Å². The highest BCUT2D eigenvalue weighted by Crippen LogP contribution is 2.19. The average molecular weight is 417 g/mol. The standard InChI is InChI=1S/C19H20ClF3N2O3/c1-25(8-9-27-17-7-3-5-15(20)11-17)18(26)24-12-14-4-2-6-16(10-14)28-13-19(21,22)23/h2-7,10-11H,8-9,12-13H2,1H3,(H,24,26). The fourth-order valence-corrected chi connectivity index (χ4v) is 2.36. The van der Waals surface area contributed by atoms with Crippen molar-refractivity contribution in [3.63, 3.8) is 0 Å². The smallest absolute Gasteiger partial charge is 0.422 e. The van der Waals surface area contributed by atoms with Crippen LogP contribution in [0.3, 0.4) is 0 Å². The number of carbonyl (C=O) groups is 1. The maximum absolute atomic E-state index is 12.2. The van der Waals surface area contributed by atoms with E-state index in [-0.39, 0.29) is 24.9 Å². The van der Waals surface area contributed by atoms with Crippen LogP contribution in [0, 0.1) is 0 Å². The van der Waals surface area contributed by atoms with Gasteiger partial charge in [-0.05, 0) is 35.9 Å².